The van der Waals surface area contributed by atoms with Crippen molar-refractivity contribution in [2.45, 2.75) is 6.42 Å². The summed E-state index contributed by atoms with van der Waals surface area (Å²) in [5.41, 5.74) is 5.18. The van der Waals surface area contributed by atoms with E-state index in [4.69, 9.17) is 22.7 Å². The fourth-order valence-corrected chi connectivity index (χ4v) is 1.75. The monoisotopic (exact) mass is 174 g/mol. The summed E-state index contributed by atoms with van der Waals surface area (Å²) in [6, 6.07) is 3.69. The maximum Gasteiger partial charge on any atom is 0.0958 e. The number of nitrogens with one attached hydrogen (secondary N) is 1. The zero-order valence-corrected chi connectivity index (χ0v) is 6.80. The summed E-state index contributed by atoms with van der Waals surface area (Å²) in [7, 11) is 0. The summed E-state index contributed by atoms with van der Waals surface area (Å²) in [5.74, 6) is 0.179. The second-order valence-corrected chi connectivity index (χ2v) is 3.71. The number of nitrogens with two attached hydrogens (primary N) is 1. The largest absolute Gasteiger partial charge is 0.387 e. The van der Waals surface area contributed by atoms with Crippen LogP contribution in [0.5, 0.6) is 0 Å². The van der Waals surface area contributed by atoms with E-state index in [1.54, 1.807) is 0 Å². The van der Waals surface area contributed by atoms with Gasteiger partial charge < -0.3 is 5.73 Å². The van der Waals surface area contributed by atoms with Crippen molar-refractivity contribution in [3.63, 3.8) is 0 Å². The van der Waals surface area contributed by atoms with Gasteiger partial charge in [0.1, 0.15) is 0 Å². The number of amidine groups is 1. The molecule has 3 N–H and O–H groups in total. The van der Waals surface area contributed by atoms with Crippen molar-refractivity contribution in [3.05, 3.63) is 21.3 Å². The lowest BCUT2D eigenvalue weighted by Gasteiger charge is -1.90. The molecular weight excluding hydrogens is 168 g/mol. The van der Waals surface area contributed by atoms with E-state index in [2.05, 4.69) is 0 Å². The van der Waals surface area contributed by atoms with Crippen molar-refractivity contribution in [1.82, 2.24) is 0 Å². The van der Waals surface area contributed by atoms with E-state index >= 15 is 0 Å². The van der Waals surface area contributed by atoms with Gasteiger partial charge in [0.15, 0.2) is 0 Å². The van der Waals surface area contributed by atoms with E-state index in [0.29, 0.717) is 6.42 Å². The lowest BCUT2D eigenvalue weighted by molar-refractivity contribution is 1.29. The highest BCUT2D eigenvalue weighted by molar-refractivity contribution is 7.16. The molecule has 0 aliphatic rings. The molecule has 0 spiro atoms. The highest BCUT2D eigenvalue weighted by Gasteiger charge is 1.97. The minimum Gasteiger partial charge on any atom is -0.387 e. The molecule has 1 aromatic rings. The lowest BCUT2D eigenvalue weighted by atomic mass is 10.3. The Hall–Kier alpha value is -0.540. The summed E-state index contributed by atoms with van der Waals surface area (Å²) in [5, 5.41) is 6.98. The molecule has 0 radical (unpaired) electrons. The average molecular weight is 175 g/mol. The fourth-order valence-electron chi connectivity index (χ4n) is 0.634. The van der Waals surface area contributed by atoms with Crippen LogP contribution in [0.3, 0.4) is 0 Å². The minimum atomic E-state index is 0.179. The lowest BCUT2D eigenvalue weighted by Crippen LogP contribution is -2.11. The molecule has 10 heavy (non-hydrogen) atoms. The van der Waals surface area contributed by atoms with Crippen LogP contribution in [0.4, 0.5) is 0 Å². The molecule has 0 atom stereocenters. The molecule has 0 saturated heterocycles. The predicted molar refractivity (Wildman–Crippen MR) is 44.9 cm³/mol. The fraction of sp³-hybridized carbons (Fsp3) is 0.167. The first-order valence-electron chi connectivity index (χ1n) is 2.75. The molecule has 0 amide bonds. The van der Waals surface area contributed by atoms with Crippen molar-refractivity contribution >= 4 is 28.8 Å². The Bertz CT molecular complexity index is 244. The van der Waals surface area contributed by atoms with Crippen molar-refractivity contribution in [1.29, 1.82) is 5.41 Å². The van der Waals surface area contributed by atoms with Crippen LogP contribution in [0, 0.1) is 5.41 Å². The highest BCUT2D eigenvalue weighted by Crippen LogP contribution is 2.21. The van der Waals surface area contributed by atoms with Crippen LogP contribution in [-0.4, -0.2) is 5.84 Å². The Labute approximate surface area is 68.1 Å². The third-order valence-electron chi connectivity index (χ3n) is 0.994. The molecule has 0 saturated carbocycles. The summed E-state index contributed by atoms with van der Waals surface area (Å²) in [4.78, 5) is 1.04. The first-order valence-corrected chi connectivity index (χ1v) is 3.95. The van der Waals surface area contributed by atoms with Crippen molar-refractivity contribution in [3.8, 4) is 0 Å². The van der Waals surface area contributed by atoms with E-state index in [9.17, 15) is 0 Å². The van der Waals surface area contributed by atoms with E-state index < -0.39 is 0 Å². The maximum atomic E-state index is 6.98. The zero-order valence-electron chi connectivity index (χ0n) is 5.23. The smallest absolute Gasteiger partial charge is 0.0958 e. The Morgan fingerprint density at radius 1 is 1.70 bits per heavy atom. The zero-order chi connectivity index (χ0) is 7.56. The Kier molecular flexibility index (Phi) is 2.29. The van der Waals surface area contributed by atoms with Gasteiger partial charge in [0, 0.05) is 11.3 Å². The van der Waals surface area contributed by atoms with Crippen LogP contribution in [0.25, 0.3) is 0 Å². The molecule has 54 valence electrons. The highest BCUT2D eigenvalue weighted by atomic mass is 35.5. The summed E-state index contributed by atoms with van der Waals surface area (Å²) in [6.45, 7) is 0. The molecule has 0 aliphatic heterocycles. The van der Waals surface area contributed by atoms with Crippen LogP contribution in [0.2, 0.25) is 4.34 Å². The van der Waals surface area contributed by atoms with Crippen LogP contribution >= 0.6 is 22.9 Å². The molecular formula is C6H7ClN2S. The third kappa shape index (κ3) is 2.01. The van der Waals surface area contributed by atoms with E-state index in [0.717, 1.165) is 9.21 Å². The van der Waals surface area contributed by atoms with Crippen LogP contribution in [-0.2, 0) is 6.42 Å². The van der Waals surface area contributed by atoms with Gasteiger partial charge in [-0.15, -0.1) is 11.3 Å². The molecule has 0 bridgehead atoms. The van der Waals surface area contributed by atoms with Gasteiger partial charge in [0.2, 0.25) is 0 Å². The van der Waals surface area contributed by atoms with Crippen LogP contribution in [0.15, 0.2) is 12.1 Å². The van der Waals surface area contributed by atoms with Crippen LogP contribution in [0.1, 0.15) is 4.88 Å². The Balaban J connectivity index is 2.67. The van der Waals surface area contributed by atoms with E-state index in [-0.39, 0.29) is 5.84 Å². The predicted octanol–water partition coefficient (Wildman–Crippen LogP) is 1.88. The molecule has 4 heteroatoms. The standard InChI is InChI=1S/C6H7ClN2S/c7-5-2-1-4(10-5)3-6(8)9/h1-2H,3H2,(H3,8,9). The van der Waals surface area contributed by atoms with Crippen molar-refractivity contribution in [2.24, 2.45) is 5.73 Å². The number of hydrogen-bond donors (Lipinski definition) is 2. The summed E-state index contributed by atoms with van der Waals surface area (Å²) in [6.07, 6.45) is 0.511. The van der Waals surface area contributed by atoms with Crippen molar-refractivity contribution < 1.29 is 0 Å². The number of rotatable bonds is 2. The molecule has 0 aliphatic carbocycles. The topological polar surface area (TPSA) is 49.9 Å². The molecule has 2 nitrogen and oxygen atoms in total. The molecule has 1 rings (SSSR count). The second kappa shape index (κ2) is 3.03. The molecule has 0 aromatic carbocycles. The quantitative estimate of drug-likeness (QED) is 0.522. The molecule has 1 heterocycles. The number of thiophene rings is 1. The van der Waals surface area contributed by atoms with Gasteiger partial charge in [-0.25, -0.2) is 0 Å². The van der Waals surface area contributed by atoms with E-state index in [1.807, 2.05) is 12.1 Å². The van der Waals surface area contributed by atoms with Gasteiger partial charge in [-0.1, -0.05) is 11.6 Å². The van der Waals surface area contributed by atoms with Gasteiger partial charge in [-0.3, -0.25) is 5.41 Å². The van der Waals surface area contributed by atoms with Crippen LogP contribution < -0.4 is 5.73 Å². The Morgan fingerprint density at radius 3 is 2.80 bits per heavy atom. The van der Waals surface area contributed by atoms with Gasteiger partial charge in [0.05, 0.1) is 10.2 Å². The number of halogens is 1. The van der Waals surface area contributed by atoms with Crippen molar-refractivity contribution in [2.75, 3.05) is 0 Å². The van der Waals surface area contributed by atoms with Gasteiger partial charge in [-0.2, -0.15) is 0 Å². The van der Waals surface area contributed by atoms with Gasteiger partial charge in [0.25, 0.3) is 0 Å². The molecule has 0 unspecified atom stereocenters. The normalized spacial score (nSPS) is 9.70. The average Bonchev–Trinajstić information content (AvgIpc) is 2.13. The SMILES string of the molecule is N=C(N)Cc1ccc(Cl)s1. The summed E-state index contributed by atoms with van der Waals surface area (Å²) < 4.78 is 0.747. The molecule has 0 fully saturated rings. The molecule has 1 aromatic heterocycles. The Morgan fingerprint density at radius 2 is 2.40 bits per heavy atom. The van der Waals surface area contributed by atoms with Gasteiger partial charge >= 0.3 is 0 Å². The van der Waals surface area contributed by atoms with Gasteiger partial charge in [-0.05, 0) is 12.1 Å². The summed E-state index contributed by atoms with van der Waals surface area (Å²) >= 11 is 7.11. The second-order valence-electron chi connectivity index (χ2n) is 1.91. The first kappa shape index (κ1) is 7.57. The maximum absolute atomic E-state index is 6.98. The minimum absolute atomic E-state index is 0.179. The number of hydrogen-bond acceptors (Lipinski definition) is 2. The third-order valence-corrected chi connectivity index (χ3v) is 2.22. The first-order chi connectivity index (χ1) is 4.68. The van der Waals surface area contributed by atoms with E-state index in [1.165, 1.54) is 11.3 Å².